The Morgan fingerprint density at radius 2 is 1.54 bits per heavy atom. The van der Waals surface area contributed by atoms with E-state index in [9.17, 15) is 27.6 Å². The second-order valence-corrected chi connectivity index (χ2v) is 21.7. The molecule has 10 rings (SSSR count). The molecule has 0 saturated carbocycles. The second kappa shape index (κ2) is 20.6. The highest BCUT2D eigenvalue weighted by Gasteiger charge is 2.45. The number of ether oxygens (including phenoxy) is 1. The van der Waals surface area contributed by atoms with E-state index >= 15 is 0 Å². The minimum absolute atomic E-state index is 0.0927. The van der Waals surface area contributed by atoms with Crippen molar-refractivity contribution in [1.82, 2.24) is 40.0 Å². The number of sulfonamides is 1. The van der Waals surface area contributed by atoms with Crippen LogP contribution in [0.5, 0.6) is 5.75 Å². The number of halogens is 1. The van der Waals surface area contributed by atoms with Gasteiger partial charge in [-0.25, -0.2) is 13.4 Å². The fourth-order valence-electron chi connectivity index (χ4n) is 10.8. The molecule has 72 heavy (non-hydrogen) atoms. The summed E-state index contributed by atoms with van der Waals surface area (Å²) in [5.41, 5.74) is 6.21. The summed E-state index contributed by atoms with van der Waals surface area (Å²) in [7, 11) is -2.00. The normalized spacial score (nSPS) is 19.7. The van der Waals surface area contributed by atoms with Gasteiger partial charge in [0, 0.05) is 107 Å². The van der Waals surface area contributed by atoms with Crippen LogP contribution in [0.3, 0.4) is 0 Å². The predicted octanol–water partition coefficient (Wildman–Crippen LogP) is 5.52. The van der Waals surface area contributed by atoms with Crippen molar-refractivity contribution in [2.24, 2.45) is 5.92 Å². The molecule has 5 aliphatic heterocycles. The van der Waals surface area contributed by atoms with Gasteiger partial charge in [0.05, 0.1) is 51.5 Å². The van der Waals surface area contributed by atoms with E-state index in [4.69, 9.17) is 9.72 Å². The summed E-state index contributed by atoms with van der Waals surface area (Å²) in [6.45, 7) is 11.1. The van der Waals surface area contributed by atoms with Gasteiger partial charge in [-0.1, -0.05) is 6.92 Å². The molecule has 4 fully saturated rings. The summed E-state index contributed by atoms with van der Waals surface area (Å²) in [6, 6.07) is 12.6. The third-order valence-corrected chi connectivity index (χ3v) is 15.8. The monoisotopic (exact) mass is 1060 g/mol. The van der Waals surface area contributed by atoms with Crippen LogP contribution in [0, 0.1) is 5.92 Å². The van der Waals surface area contributed by atoms with E-state index in [1.807, 2.05) is 6.07 Å². The number of hydrogen-bond acceptors (Lipinski definition) is 17. The number of benzene rings is 3. The van der Waals surface area contributed by atoms with Crippen molar-refractivity contribution in [1.29, 1.82) is 0 Å². The molecule has 5 aliphatic rings. The molecular formula is C50H58BrN13O7S. The smallest absolute Gasteiger partial charge is 0.262 e. The molecule has 3 aromatic carbocycles. The topological polar surface area (TPSA) is 228 Å². The Morgan fingerprint density at radius 3 is 2.26 bits per heavy atom. The van der Waals surface area contributed by atoms with E-state index in [0.717, 1.165) is 119 Å². The lowest BCUT2D eigenvalue weighted by Crippen LogP contribution is -2.54. The van der Waals surface area contributed by atoms with Crippen LogP contribution in [0.1, 0.15) is 71.7 Å². The Labute approximate surface area is 426 Å². The van der Waals surface area contributed by atoms with Gasteiger partial charge in [0.15, 0.2) is 0 Å². The number of fused-ring (bicyclic) bond motifs is 2. The zero-order valence-electron chi connectivity index (χ0n) is 40.5. The molecule has 2 aromatic heterocycles. The number of piperazine rings is 1. The molecule has 4 amide bonds. The van der Waals surface area contributed by atoms with Gasteiger partial charge in [0.25, 0.3) is 11.8 Å². The summed E-state index contributed by atoms with van der Waals surface area (Å²) < 4.78 is 33.9. The lowest BCUT2D eigenvalue weighted by molar-refractivity contribution is -0.136. The Balaban J connectivity index is 0.708. The van der Waals surface area contributed by atoms with Gasteiger partial charge in [-0.2, -0.15) is 4.98 Å². The number of amides is 4. The number of carbonyl (C=O) groups is 4. The zero-order valence-corrected chi connectivity index (χ0v) is 42.9. The standard InChI is InChI=1S/C50H58BrN13O7S/c1-4-31-25-39(56-50-54-28-36(51)46(58-50)55-38-8-7-37-44(53-16-15-52-37)45(38)59-72(3,69)70)42(71-2)27-41(31)63-19-13-32(14-20-63)62-23-21-60(22-24-62)29-30-11-17-61(18-12-30)33-5-6-34-35(26-33)49(68)64(48(34)67)40-9-10-43(65)57-47(40)66/h5-8,15-16,25-28,30,32,40,59H,4,9-14,17-24,29H2,1-3H3,(H,57,65,66)(H2,54,55,56,58). The molecule has 22 heteroatoms. The number of piperidine rings is 3. The molecule has 1 unspecified atom stereocenters. The van der Waals surface area contributed by atoms with Crippen molar-refractivity contribution in [3.05, 3.63) is 82.2 Å². The largest absolute Gasteiger partial charge is 0.494 e. The van der Waals surface area contributed by atoms with Crippen molar-refractivity contribution in [2.45, 2.75) is 64.0 Å². The Bertz CT molecular complexity index is 3050. The fourth-order valence-corrected chi connectivity index (χ4v) is 11.7. The van der Waals surface area contributed by atoms with Crippen LogP contribution in [0.4, 0.5) is 40.2 Å². The molecule has 4 saturated heterocycles. The SMILES string of the molecule is CCc1cc(Nc2ncc(Br)c(Nc3ccc4nccnc4c3NS(C)(=O)=O)n2)c(OC)cc1N1CCC(N2CCN(CC3CCN(c4ccc5c(c4)C(=O)N(C4CCC(=O)NC4=O)C5=O)CC3)CC2)CC1. The Hall–Kier alpha value is -6.49. The van der Waals surface area contributed by atoms with E-state index in [1.165, 1.54) is 11.8 Å². The molecule has 0 spiro atoms. The van der Waals surface area contributed by atoms with Crippen LogP contribution in [0.2, 0.25) is 0 Å². The van der Waals surface area contributed by atoms with Gasteiger partial charge in [-0.15, -0.1) is 0 Å². The van der Waals surface area contributed by atoms with Crippen LogP contribution in [-0.2, 0) is 26.0 Å². The first-order valence-corrected chi connectivity index (χ1v) is 27.2. The van der Waals surface area contributed by atoms with E-state index in [1.54, 1.807) is 43.8 Å². The fraction of sp³-hybridized carbons (Fsp3) is 0.440. The number of imide groups is 2. The molecule has 0 aliphatic carbocycles. The highest BCUT2D eigenvalue weighted by Crippen LogP contribution is 2.39. The molecule has 378 valence electrons. The van der Waals surface area contributed by atoms with E-state index in [0.29, 0.717) is 61.8 Å². The Kier molecular flexibility index (Phi) is 14.0. The van der Waals surface area contributed by atoms with E-state index < -0.39 is 33.8 Å². The van der Waals surface area contributed by atoms with E-state index in [-0.39, 0.29) is 24.4 Å². The average Bonchev–Trinajstić information content (AvgIpc) is 3.62. The lowest BCUT2D eigenvalue weighted by atomic mass is 9.95. The maximum Gasteiger partial charge on any atom is 0.262 e. The third-order valence-electron chi connectivity index (χ3n) is 14.6. The van der Waals surface area contributed by atoms with Gasteiger partial charge < -0.3 is 30.1 Å². The molecule has 4 N–H and O–H groups in total. The van der Waals surface area contributed by atoms with Crippen LogP contribution in [0.25, 0.3) is 11.0 Å². The number of carbonyl (C=O) groups excluding carboxylic acids is 4. The molecular weight excluding hydrogens is 1010 g/mol. The highest BCUT2D eigenvalue weighted by molar-refractivity contribution is 9.10. The average molecular weight is 1070 g/mol. The number of anilines is 7. The van der Waals surface area contributed by atoms with Crippen molar-refractivity contribution >= 4 is 101 Å². The zero-order chi connectivity index (χ0) is 50.3. The van der Waals surface area contributed by atoms with Crippen LogP contribution in [0.15, 0.2) is 65.5 Å². The van der Waals surface area contributed by atoms with Gasteiger partial charge >= 0.3 is 0 Å². The number of nitrogens with one attached hydrogen (secondary N) is 4. The first kappa shape index (κ1) is 49.1. The first-order valence-electron chi connectivity index (χ1n) is 24.5. The summed E-state index contributed by atoms with van der Waals surface area (Å²) in [4.78, 5) is 79.9. The minimum atomic E-state index is -3.66. The third kappa shape index (κ3) is 10.3. The van der Waals surface area contributed by atoms with Gasteiger partial charge in [0.2, 0.25) is 27.8 Å². The number of hydrogen-bond donors (Lipinski definition) is 4. The lowest BCUT2D eigenvalue weighted by Gasteiger charge is -2.44. The van der Waals surface area contributed by atoms with Crippen LogP contribution >= 0.6 is 15.9 Å². The van der Waals surface area contributed by atoms with Crippen LogP contribution < -0.4 is 35.2 Å². The molecule has 0 radical (unpaired) electrons. The number of methoxy groups -OCH3 is 1. The van der Waals surface area contributed by atoms with Crippen LogP contribution in [-0.4, -0.2) is 151 Å². The molecule has 20 nitrogen and oxygen atoms in total. The first-order chi connectivity index (χ1) is 34.7. The van der Waals surface area contributed by atoms with Crippen molar-refractivity contribution < 1.29 is 32.3 Å². The number of aromatic nitrogens is 4. The summed E-state index contributed by atoms with van der Waals surface area (Å²) >= 11 is 3.55. The van der Waals surface area contributed by atoms with Crippen molar-refractivity contribution in [3.8, 4) is 5.75 Å². The predicted molar refractivity (Wildman–Crippen MR) is 278 cm³/mol. The van der Waals surface area contributed by atoms with Crippen molar-refractivity contribution in [2.75, 3.05) is 97.4 Å². The maximum atomic E-state index is 13.4. The highest BCUT2D eigenvalue weighted by atomic mass is 79.9. The molecule has 0 bridgehead atoms. The summed E-state index contributed by atoms with van der Waals surface area (Å²) in [5.74, 6) is 0.0111. The summed E-state index contributed by atoms with van der Waals surface area (Å²) in [6.07, 6.45) is 11.0. The molecule has 5 aromatic rings. The molecule has 7 heterocycles. The number of aryl methyl sites for hydroxylation is 1. The quantitative estimate of drug-likeness (QED) is 0.100. The number of nitrogens with zero attached hydrogens (tertiary/aromatic N) is 9. The van der Waals surface area contributed by atoms with Gasteiger partial charge in [-0.3, -0.25) is 49.0 Å². The second-order valence-electron chi connectivity index (χ2n) is 19.1. The van der Waals surface area contributed by atoms with Crippen molar-refractivity contribution in [3.63, 3.8) is 0 Å². The summed E-state index contributed by atoms with van der Waals surface area (Å²) in [5, 5.41) is 8.87. The Morgan fingerprint density at radius 1 is 0.806 bits per heavy atom. The maximum absolute atomic E-state index is 13.4. The van der Waals surface area contributed by atoms with Gasteiger partial charge in [-0.05, 0) is 102 Å². The minimum Gasteiger partial charge on any atom is -0.494 e. The van der Waals surface area contributed by atoms with Gasteiger partial charge in [0.1, 0.15) is 23.1 Å². The molecule has 1 atom stereocenters. The number of rotatable bonds is 14. The van der Waals surface area contributed by atoms with E-state index in [2.05, 4.69) is 90.2 Å².